The monoisotopic (exact) mass is 428 g/mol. The summed E-state index contributed by atoms with van der Waals surface area (Å²) < 4.78 is 12.6. The average molecular weight is 429 g/mol. The minimum atomic E-state index is -2.42. The van der Waals surface area contributed by atoms with Crippen LogP contribution in [0.4, 0.5) is 0 Å². The van der Waals surface area contributed by atoms with Gasteiger partial charge in [0, 0.05) is 12.8 Å². The molecule has 0 saturated heterocycles. The van der Waals surface area contributed by atoms with Crippen LogP contribution in [0.1, 0.15) is 123 Å². The van der Waals surface area contributed by atoms with Crippen LogP contribution >= 0.6 is 8.03 Å². The van der Waals surface area contributed by atoms with Gasteiger partial charge in [0.2, 0.25) is 0 Å². The highest BCUT2D eigenvalue weighted by Crippen LogP contribution is 2.45. The molecule has 0 aromatic rings. The smallest absolute Gasteiger partial charge is 0.376 e. The maximum Gasteiger partial charge on any atom is 0.376 e. The van der Waals surface area contributed by atoms with Crippen molar-refractivity contribution in [3.8, 4) is 0 Å². The van der Waals surface area contributed by atoms with Crippen LogP contribution in [-0.2, 0) is 4.57 Å². The van der Waals surface area contributed by atoms with Gasteiger partial charge in [-0.15, -0.1) is 0 Å². The molecule has 2 unspecified atom stereocenters. The molecule has 0 amide bonds. The molecule has 3 nitrogen and oxygen atoms in total. The highest BCUT2D eigenvalue weighted by atomic mass is 31.1. The number of allylic oxidation sites excluding steroid dienone is 2. The molecule has 0 N–H and O–H groups in total. The van der Waals surface area contributed by atoms with Gasteiger partial charge in [0.05, 0.1) is 21.1 Å². The third-order valence-corrected chi connectivity index (χ3v) is 8.05. The van der Waals surface area contributed by atoms with Crippen LogP contribution in [0.25, 0.3) is 0 Å². The normalized spacial score (nSPS) is 15.0. The van der Waals surface area contributed by atoms with E-state index in [1.54, 1.807) is 0 Å². The third-order valence-electron chi connectivity index (χ3n) is 6.33. The van der Waals surface area contributed by atoms with E-state index in [1.165, 1.54) is 83.5 Å². The first kappa shape index (κ1) is 28.8. The van der Waals surface area contributed by atoms with Crippen LogP contribution in [0, 0.1) is 0 Å². The number of hydrogen-bond acceptors (Lipinski definition) is 2. The predicted octanol–water partition coefficient (Wildman–Crippen LogP) is 7.72. The van der Waals surface area contributed by atoms with Crippen molar-refractivity contribution in [3.63, 3.8) is 0 Å². The third kappa shape index (κ3) is 12.9. The molecule has 0 aliphatic carbocycles. The van der Waals surface area contributed by atoms with E-state index in [0.717, 1.165) is 25.7 Å². The molecule has 4 heteroatoms. The molecule has 0 spiro atoms. The van der Waals surface area contributed by atoms with Crippen molar-refractivity contribution in [3.05, 3.63) is 12.2 Å². The van der Waals surface area contributed by atoms with Crippen LogP contribution in [0.5, 0.6) is 0 Å². The fraction of sp³-hybridized carbons (Fsp3) is 0.920. The Morgan fingerprint density at radius 1 is 0.690 bits per heavy atom. The maximum absolute atomic E-state index is 12.1. The molecule has 0 aromatic carbocycles. The van der Waals surface area contributed by atoms with E-state index in [2.05, 4.69) is 26.0 Å². The van der Waals surface area contributed by atoms with E-state index in [9.17, 15) is 9.46 Å². The quantitative estimate of drug-likeness (QED) is 0.0861. The van der Waals surface area contributed by atoms with E-state index in [1.807, 2.05) is 21.1 Å². The molecule has 0 rings (SSSR count). The number of nitrogens with zero attached hydrogens (tertiary/aromatic N) is 1. The van der Waals surface area contributed by atoms with Crippen LogP contribution in [0.15, 0.2) is 12.2 Å². The SMILES string of the molecule is CCCC/C=C\CCCCCCCCCCCCC(CCC)([P+](=O)[O-])[N+](C)(C)C. The van der Waals surface area contributed by atoms with Gasteiger partial charge in [-0.2, -0.15) is 0 Å². The van der Waals surface area contributed by atoms with Crippen LogP contribution in [0.3, 0.4) is 0 Å². The van der Waals surface area contributed by atoms with Gasteiger partial charge in [0.1, 0.15) is 0 Å². The van der Waals surface area contributed by atoms with Crippen molar-refractivity contribution >= 4 is 8.03 Å². The van der Waals surface area contributed by atoms with E-state index >= 15 is 0 Å². The zero-order valence-corrected chi connectivity index (χ0v) is 21.3. The maximum atomic E-state index is 12.1. The molecular weight excluding hydrogens is 377 g/mol. The Balaban J connectivity index is 3.72. The summed E-state index contributed by atoms with van der Waals surface area (Å²) >= 11 is 0. The topological polar surface area (TPSA) is 40.1 Å². The van der Waals surface area contributed by atoms with Crippen molar-refractivity contribution in [2.45, 2.75) is 128 Å². The molecule has 0 radical (unpaired) electrons. The number of rotatable bonds is 20. The van der Waals surface area contributed by atoms with E-state index in [-0.39, 0.29) is 0 Å². The lowest BCUT2D eigenvalue weighted by molar-refractivity contribution is -0.910. The minimum Gasteiger partial charge on any atom is -0.590 e. The van der Waals surface area contributed by atoms with Crippen molar-refractivity contribution in [2.75, 3.05) is 21.1 Å². The first-order chi connectivity index (χ1) is 13.8. The largest absolute Gasteiger partial charge is 0.590 e. The van der Waals surface area contributed by atoms with Crippen LogP contribution < -0.4 is 4.89 Å². The lowest BCUT2D eigenvalue weighted by atomic mass is 9.99. The molecule has 0 heterocycles. The number of quaternary nitrogens is 1. The second kappa shape index (κ2) is 17.4. The molecule has 0 fully saturated rings. The Morgan fingerprint density at radius 2 is 1.14 bits per heavy atom. The molecule has 172 valence electrons. The Hall–Kier alpha value is -0.240. The van der Waals surface area contributed by atoms with Gasteiger partial charge >= 0.3 is 8.03 Å². The zero-order valence-electron chi connectivity index (χ0n) is 20.4. The first-order valence-corrected chi connectivity index (χ1v) is 13.6. The van der Waals surface area contributed by atoms with E-state index < -0.39 is 13.3 Å². The first-order valence-electron chi connectivity index (χ1n) is 12.4. The molecule has 0 bridgehead atoms. The van der Waals surface area contributed by atoms with Gasteiger partial charge in [-0.3, -0.25) is 4.48 Å². The Morgan fingerprint density at radius 3 is 1.55 bits per heavy atom. The summed E-state index contributed by atoms with van der Waals surface area (Å²) in [5, 5.41) is -0.588. The zero-order chi connectivity index (χ0) is 22.0. The average Bonchev–Trinajstić information content (AvgIpc) is 2.65. The summed E-state index contributed by atoms with van der Waals surface area (Å²) in [7, 11) is 3.68. The lowest BCUT2D eigenvalue weighted by Crippen LogP contribution is -2.55. The summed E-state index contributed by atoms with van der Waals surface area (Å²) in [6, 6.07) is 0. The molecule has 0 aromatic heterocycles. The molecule has 0 aliphatic rings. The highest BCUT2D eigenvalue weighted by Gasteiger charge is 2.53. The highest BCUT2D eigenvalue weighted by molar-refractivity contribution is 7.38. The molecule has 0 aliphatic heterocycles. The van der Waals surface area contributed by atoms with Crippen molar-refractivity contribution in [1.82, 2.24) is 0 Å². The van der Waals surface area contributed by atoms with Gasteiger partial charge < -0.3 is 4.89 Å². The van der Waals surface area contributed by atoms with Gasteiger partial charge in [-0.05, 0) is 32.1 Å². The van der Waals surface area contributed by atoms with Crippen LogP contribution in [0.2, 0.25) is 0 Å². The van der Waals surface area contributed by atoms with Gasteiger partial charge in [0.25, 0.3) is 5.28 Å². The lowest BCUT2D eigenvalue weighted by Gasteiger charge is -2.39. The van der Waals surface area contributed by atoms with Gasteiger partial charge in [-0.25, -0.2) is 0 Å². The number of unbranched alkanes of at least 4 members (excludes halogenated alkanes) is 12. The predicted molar refractivity (Wildman–Crippen MR) is 127 cm³/mol. The molecule has 2 atom stereocenters. The van der Waals surface area contributed by atoms with Crippen molar-refractivity contribution < 1.29 is 13.9 Å². The summed E-state index contributed by atoms with van der Waals surface area (Å²) in [5.41, 5.74) is 0. The summed E-state index contributed by atoms with van der Waals surface area (Å²) in [5.74, 6) is 0. The molecule has 0 saturated carbocycles. The standard InChI is InChI=1S/C25H51NO2P/c1-6-8-9-10-11-12-13-14-15-16-17-18-19-20-21-22-24-25(23-7-2,29(27)28)26(3,4)5/h10-11H,6-9,12-24H2,1-5H3/q+1/b11-10-. The minimum absolute atomic E-state index is 0.522. The Bertz CT molecular complexity index is 431. The van der Waals surface area contributed by atoms with E-state index in [0.29, 0.717) is 4.48 Å². The molecular formula is C25H51NO2P+. The van der Waals surface area contributed by atoms with Crippen LogP contribution in [-0.4, -0.2) is 30.9 Å². The fourth-order valence-electron chi connectivity index (χ4n) is 4.27. The van der Waals surface area contributed by atoms with Crippen molar-refractivity contribution in [2.24, 2.45) is 0 Å². The summed E-state index contributed by atoms with van der Waals surface area (Å²) in [6.45, 7) is 4.34. The van der Waals surface area contributed by atoms with E-state index in [4.69, 9.17) is 0 Å². The molecule has 29 heavy (non-hydrogen) atoms. The Kier molecular flexibility index (Phi) is 17.3. The second-order valence-corrected chi connectivity index (χ2v) is 11.0. The summed E-state index contributed by atoms with van der Waals surface area (Å²) in [4.78, 5) is 12.1. The second-order valence-electron chi connectivity index (χ2n) is 9.69. The van der Waals surface area contributed by atoms with Crippen molar-refractivity contribution in [1.29, 1.82) is 0 Å². The number of hydrogen-bond donors (Lipinski definition) is 0. The van der Waals surface area contributed by atoms with Gasteiger partial charge in [-0.1, -0.05) is 94.8 Å². The Labute approximate surface area is 183 Å². The van der Waals surface area contributed by atoms with Gasteiger partial charge in [0.15, 0.2) is 0 Å². The fourth-order valence-corrected chi connectivity index (χ4v) is 5.50. The summed E-state index contributed by atoms with van der Waals surface area (Å²) in [6.07, 6.45) is 25.2.